The molecule has 1 heterocycles. The van der Waals surface area contributed by atoms with E-state index in [1.54, 1.807) is 25.3 Å². The molecule has 1 aliphatic carbocycles. The van der Waals surface area contributed by atoms with E-state index >= 15 is 0 Å². The molecule has 0 spiro atoms. The number of benzene rings is 2. The zero-order chi connectivity index (χ0) is 17.6. The fraction of sp³-hybridized carbons (Fsp3) is 0.211. The number of ether oxygens (including phenoxy) is 1. The largest absolute Gasteiger partial charge is 0.495 e. The molecule has 0 radical (unpaired) electrons. The van der Waals surface area contributed by atoms with E-state index in [4.69, 9.17) is 27.9 Å². The smallest absolute Gasteiger partial charge is 0.235 e. The summed E-state index contributed by atoms with van der Waals surface area (Å²) in [7, 11) is 1.56. The monoisotopic (exact) mass is 374 g/mol. The van der Waals surface area contributed by atoms with E-state index in [9.17, 15) is 4.79 Å². The number of methoxy groups -OCH3 is 1. The van der Waals surface area contributed by atoms with Gasteiger partial charge in [-0.3, -0.25) is 4.79 Å². The molecule has 4 rings (SSSR count). The van der Waals surface area contributed by atoms with Crippen molar-refractivity contribution in [1.82, 2.24) is 4.98 Å². The number of anilines is 1. The number of rotatable bonds is 4. The van der Waals surface area contributed by atoms with Gasteiger partial charge in [-0.05, 0) is 54.8 Å². The number of halogens is 2. The molecule has 0 bridgehead atoms. The van der Waals surface area contributed by atoms with E-state index in [1.807, 2.05) is 24.4 Å². The molecule has 128 valence electrons. The Morgan fingerprint density at radius 1 is 1.16 bits per heavy atom. The van der Waals surface area contributed by atoms with Crippen LogP contribution in [0.25, 0.3) is 10.9 Å². The van der Waals surface area contributed by atoms with Crippen molar-refractivity contribution in [3.8, 4) is 5.75 Å². The molecule has 25 heavy (non-hydrogen) atoms. The van der Waals surface area contributed by atoms with Crippen molar-refractivity contribution >= 4 is 45.7 Å². The fourth-order valence-corrected chi connectivity index (χ4v) is 3.60. The third-order valence-electron chi connectivity index (χ3n) is 4.75. The molecular formula is C19H16Cl2N2O2. The molecule has 1 amide bonds. The van der Waals surface area contributed by atoms with E-state index in [1.165, 1.54) is 0 Å². The molecule has 0 aliphatic heterocycles. The van der Waals surface area contributed by atoms with Crippen LogP contribution in [0.2, 0.25) is 10.0 Å². The second kappa shape index (κ2) is 5.97. The lowest BCUT2D eigenvalue weighted by Gasteiger charge is -2.17. The summed E-state index contributed by atoms with van der Waals surface area (Å²) in [5, 5.41) is 5.16. The first kappa shape index (κ1) is 16.3. The standard InChI is InChI=1S/C19H16Cl2N2O2/c1-25-17-5-3-12(21)9-16(17)23-18(24)19(6-7-19)14-10-22-15-4-2-11(20)8-13(14)15/h2-5,8-10,22H,6-7H2,1H3,(H,23,24). The normalized spacial score (nSPS) is 15.2. The van der Waals surface area contributed by atoms with Gasteiger partial charge >= 0.3 is 0 Å². The maximum Gasteiger partial charge on any atom is 0.235 e. The van der Waals surface area contributed by atoms with E-state index < -0.39 is 5.41 Å². The van der Waals surface area contributed by atoms with Crippen LogP contribution in [0.15, 0.2) is 42.6 Å². The van der Waals surface area contributed by atoms with Gasteiger partial charge in [0.15, 0.2) is 0 Å². The molecule has 1 aliphatic rings. The van der Waals surface area contributed by atoms with Crippen molar-refractivity contribution in [3.05, 3.63) is 58.2 Å². The van der Waals surface area contributed by atoms with Gasteiger partial charge in [-0.2, -0.15) is 0 Å². The summed E-state index contributed by atoms with van der Waals surface area (Å²) >= 11 is 12.2. The SMILES string of the molecule is COc1ccc(Cl)cc1NC(=O)C1(c2c[nH]c3ccc(Cl)cc23)CC1. The summed E-state index contributed by atoms with van der Waals surface area (Å²) in [6.07, 6.45) is 3.49. The van der Waals surface area contributed by atoms with Gasteiger partial charge in [0, 0.05) is 27.1 Å². The summed E-state index contributed by atoms with van der Waals surface area (Å²) in [6.45, 7) is 0. The molecule has 3 aromatic rings. The van der Waals surface area contributed by atoms with Crippen LogP contribution in [0.4, 0.5) is 5.69 Å². The van der Waals surface area contributed by atoms with Gasteiger partial charge < -0.3 is 15.0 Å². The molecular weight excluding hydrogens is 359 g/mol. The first-order valence-electron chi connectivity index (χ1n) is 7.95. The first-order valence-corrected chi connectivity index (χ1v) is 8.71. The summed E-state index contributed by atoms with van der Waals surface area (Å²) in [5.74, 6) is 0.518. The van der Waals surface area contributed by atoms with Gasteiger partial charge in [-0.25, -0.2) is 0 Å². The molecule has 0 unspecified atom stereocenters. The predicted molar refractivity (Wildman–Crippen MR) is 101 cm³/mol. The van der Waals surface area contributed by atoms with Crippen molar-refractivity contribution in [2.45, 2.75) is 18.3 Å². The number of hydrogen-bond donors (Lipinski definition) is 2. The number of amides is 1. The van der Waals surface area contributed by atoms with Crippen molar-refractivity contribution < 1.29 is 9.53 Å². The van der Waals surface area contributed by atoms with Gasteiger partial charge in [0.1, 0.15) is 5.75 Å². The zero-order valence-corrected chi connectivity index (χ0v) is 15.0. The highest BCUT2D eigenvalue weighted by molar-refractivity contribution is 6.31. The first-order chi connectivity index (χ1) is 12.0. The molecule has 2 aromatic carbocycles. The van der Waals surface area contributed by atoms with Crippen molar-refractivity contribution in [2.75, 3.05) is 12.4 Å². The molecule has 1 fully saturated rings. The molecule has 6 heteroatoms. The Morgan fingerprint density at radius 2 is 1.88 bits per heavy atom. The molecule has 2 N–H and O–H groups in total. The van der Waals surface area contributed by atoms with Crippen LogP contribution in [0.1, 0.15) is 18.4 Å². The van der Waals surface area contributed by atoms with Gasteiger partial charge in [0.25, 0.3) is 0 Å². The number of hydrogen-bond acceptors (Lipinski definition) is 2. The van der Waals surface area contributed by atoms with E-state index in [0.717, 1.165) is 29.3 Å². The van der Waals surface area contributed by atoms with E-state index in [-0.39, 0.29) is 5.91 Å². The lowest BCUT2D eigenvalue weighted by molar-refractivity contribution is -0.118. The summed E-state index contributed by atoms with van der Waals surface area (Å²) in [5.41, 5.74) is 1.97. The Bertz CT molecular complexity index is 977. The second-order valence-corrected chi connectivity index (χ2v) is 7.15. The zero-order valence-electron chi connectivity index (χ0n) is 13.5. The Morgan fingerprint density at radius 3 is 2.60 bits per heavy atom. The van der Waals surface area contributed by atoms with Crippen LogP contribution in [-0.2, 0) is 10.2 Å². The maximum atomic E-state index is 13.0. The van der Waals surface area contributed by atoms with Crippen LogP contribution >= 0.6 is 23.2 Å². The molecule has 4 nitrogen and oxygen atoms in total. The van der Waals surface area contributed by atoms with Crippen LogP contribution in [0, 0.1) is 0 Å². The maximum absolute atomic E-state index is 13.0. The quantitative estimate of drug-likeness (QED) is 0.662. The molecule has 0 saturated heterocycles. The van der Waals surface area contributed by atoms with Crippen molar-refractivity contribution in [2.24, 2.45) is 0 Å². The number of aromatic nitrogens is 1. The minimum atomic E-state index is -0.545. The highest BCUT2D eigenvalue weighted by Gasteiger charge is 2.52. The summed E-state index contributed by atoms with van der Waals surface area (Å²) in [6, 6.07) is 10.8. The Kier molecular flexibility index (Phi) is 3.89. The number of nitrogens with one attached hydrogen (secondary N) is 2. The number of fused-ring (bicyclic) bond motifs is 1. The number of aromatic amines is 1. The van der Waals surface area contributed by atoms with Crippen LogP contribution in [0.5, 0.6) is 5.75 Å². The fourth-order valence-electron chi connectivity index (χ4n) is 3.25. The Balaban J connectivity index is 1.70. The minimum Gasteiger partial charge on any atom is -0.495 e. The third kappa shape index (κ3) is 2.75. The minimum absolute atomic E-state index is 0.0612. The van der Waals surface area contributed by atoms with Gasteiger partial charge in [-0.15, -0.1) is 0 Å². The van der Waals surface area contributed by atoms with Crippen molar-refractivity contribution in [3.63, 3.8) is 0 Å². The lowest BCUT2D eigenvalue weighted by Crippen LogP contribution is -2.27. The highest BCUT2D eigenvalue weighted by Crippen LogP contribution is 2.51. The Hall–Kier alpha value is -2.17. The lowest BCUT2D eigenvalue weighted by atomic mass is 9.94. The molecule has 1 aromatic heterocycles. The highest BCUT2D eigenvalue weighted by atomic mass is 35.5. The molecule has 1 saturated carbocycles. The third-order valence-corrected chi connectivity index (χ3v) is 5.22. The average Bonchev–Trinajstić information content (AvgIpc) is 3.29. The van der Waals surface area contributed by atoms with Crippen LogP contribution < -0.4 is 10.1 Å². The number of carbonyl (C=O) groups is 1. The van der Waals surface area contributed by atoms with E-state index in [0.29, 0.717) is 21.5 Å². The van der Waals surface area contributed by atoms with Gasteiger partial charge in [-0.1, -0.05) is 23.2 Å². The summed E-state index contributed by atoms with van der Waals surface area (Å²) < 4.78 is 5.31. The summed E-state index contributed by atoms with van der Waals surface area (Å²) in [4.78, 5) is 16.3. The number of H-pyrrole nitrogens is 1. The van der Waals surface area contributed by atoms with Crippen LogP contribution in [-0.4, -0.2) is 18.0 Å². The van der Waals surface area contributed by atoms with E-state index in [2.05, 4.69) is 10.3 Å². The van der Waals surface area contributed by atoms with Crippen molar-refractivity contribution in [1.29, 1.82) is 0 Å². The second-order valence-electron chi connectivity index (χ2n) is 6.27. The van der Waals surface area contributed by atoms with Crippen LogP contribution in [0.3, 0.4) is 0 Å². The topological polar surface area (TPSA) is 54.1 Å². The molecule has 0 atom stereocenters. The number of carbonyl (C=O) groups excluding carboxylic acids is 1. The predicted octanol–water partition coefficient (Wildman–Crippen LogP) is 5.15. The van der Waals surface area contributed by atoms with Gasteiger partial charge in [0.05, 0.1) is 18.2 Å². The Labute approximate surface area is 155 Å². The van der Waals surface area contributed by atoms with Gasteiger partial charge in [0.2, 0.25) is 5.91 Å². The average molecular weight is 375 g/mol.